The lowest BCUT2D eigenvalue weighted by Crippen LogP contribution is -1.67. The highest BCUT2D eigenvalue weighted by atomic mass is 35.5. The van der Waals surface area contributed by atoms with Crippen LogP contribution in [-0.2, 0) is 0 Å². The Morgan fingerprint density at radius 3 is 1.42 bits per heavy atom. The number of hydrogen-bond donors (Lipinski definition) is 0. The lowest BCUT2D eigenvalue weighted by molar-refractivity contribution is 0.658. The van der Waals surface area contributed by atoms with Crippen molar-refractivity contribution in [1.29, 1.82) is 0 Å². The molecule has 12 heterocycles. The number of thiophene rings is 12. The van der Waals surface area contributed by atoms with Gasteiger partial charge in [0.2, 0.25) is 0 Å². The lowest BCUT2D eigenvalue weighted by Gasteiger charge is -1.87. The highest BCUT2D eigenvalue weighted by Gasteiger charge is 2.11. The first-order chi connectivity index (χ1) is 35.1. The molecule has 402 valence electrons. The molecular weight excluding hydrogens is 1240 g/mol. The fraction of sp³-hybridized carbons (Fsp3) is 0.345. The first-order valence-electron chi connectivity index (χ1n) is 23.9. The van der Waals surface area contributed by atoms with E-state index in [1.165, 1.54) is 95.9 Å². The van der Waals surface area contributed by atoms with E-state index in [9.17, 15) is 4.39 Å². The second kappa shape index (κ2) is 37.3. The summed E-state index contributed by atoms with van der Waals surface area (Å²) >= 11 is 49.4. The molecule has 12 rings (SSSR count). The summed E-state index contributed by atoms with van der Waals surface area (Å²) in [5.74, 6) is 0. The summed E-state index contributed by atoms with van der Waals surface area (Å²) in [4.78, 5) is 2.66. The predicted molar refractivity (Wildman–Crippen MR) is 364 cm³/mol. The van der Waals surface area contributed by atoms with Crippen molar-refractivity contribution < 1.29 is 4.39 Å². The molecule has 0 spiro atoms. The van der Waals surface area contributed by atoms with Crippen LogP contribution in [-0.4, -0.2) is 0 Å². The molecule has 0 bridgehead atoms. The van der Waals surface area contributed by atoms with E-state index < -0.39 is 0 Å². The topological polar surface area (TPSA) is 0 Å². The Balaban J connectivity index is 0.000000420. The van der Waals surface area contributed by atoms with Crippen LogP contribution >= 0.6 is 194 Å². The van der Waals surface area contributed by atoms with Gasteiger partial charge in [-0.15, -0.1) is 125 Å². The van der Waals surface area contributed by atoms with Crippen molar-refractivity contribution in [2.24, 2.45) is 0 Å². The molecule has 0 radical (unpaired) electrons. The van der Waals surface area contributed by atoms with Crippen LogP contribution in [0.4, 0.5) is 4.39 Å². The van der Waals surface area contributed by atoms with E-state index in [1.54, 1.807) is 119 Å². The maximum atomic E-state index is 12.7. The van der Waals surface area contributed by atoms with Crippen LogP contribution in [0.15, 0.2) is 64.0 Å². The molecule has 0 aromatic carbocycles. The molecule has 12 aromatic heterocycles. The van der Waals surface area contributed by atoms with E-state index in [2.05, 4.69) is 81.3 Å². The van der Waals surface area contributed by atoms with Crippen molar-refractivity contribution in [2.75, 3.05) is 0 Å². The van der Waals surface area contributed by atoms with Crippen molar-refractivity contribution in [2.45, 2.75) is 132 Å². The molecule has 0 N–H and O–H groups in total. The fourth-order valence-electron chi connectivity index (χ4n) is 5.79. The highest BCUT2D eigenvalue weighted by molar-refractivity contribution is 7.41. The van der Waals surface area contributed by atoms with Gasteiger partial charge in [-0.1, -0.05) is 152 Å². The Morgan fingerprint density at radius 2 is 0.863 bits per heavy atom. The van der Waals surface area contributed by atoms with Gasteiger partial charge in [0.25, 0.3) is 0 Å². The molecule has 73 heavy (non-hydrogen) atoms. The summed E-state index contributed by atoms with van der Waals surface area (Å²) in [6.45, 7) is 38.6. The first-order valence-corrected chi connectivity index (χ1v) is 35.8. The number of hydrogen-bond acceptors (Lipinski definition) is 12. The molecule has 0 unspecified atom stereocenters. The van der Waals surface area contributed by atoms with Gasteiger partial charge in [0.15, 0.2) is 5.13 Å². The van der Waals surface area contributed by atoms with Crippen LogP contribution in [0.5, 0.6) is 0 Å². The van der Waals surface area contributed by atoms with E-state index in [4.69, 9.17) is 58.0 Å². The third-order valence-electron chi connectivity index (χ3n) is 9.01. The average Bonchev–Trinajstić information content (AvgIpc) is 4.26. The fourth-order valence-corrected chi connectivity index (χ4v) is 20.8. The zero-order valence-corrected chi connectivity index (χ0v) is 58.6. The molecule has 0 nitrogen and oxygen atoms in total. The summed E-state index contributed by atoms with van der Waals surface area (Å²) < 4.78 is 25.0. The van der Waals surface area contributed by atoms with Crippen molar-refractivity contribution in [3.63, 3.8) is 0 Å². The van der Waals surface area contributed by atoms with E-state index >= 15 is 0 Å². The van der Waals surface area contributed by atoms with Crippen LogP contribution in [0.3, 0.4) is 0 Å². The van der Waals surface area contributed by atoms with Crippen molar-refractivity contribution in [1.82, 2.24) is 0 Å². The maximum Gasteiger partial charge on any atom is 0.178 e. The van der Waals surface area contributed by atoms with Gasteiger partial charge in [0.1, 0.15) is 0 Å². The Kier molecular flexibility index (Phi) is 35.9. The minimum Gasteiger partial charge on any atom is -0.195 e. The molecule has 12 aromatic rings. The van der Waals surface area contributed by atoms with Crippen LogP contribution in [0.1, 0.15) is 121 Å². The molecule has 0 amide bonds. The van der Waals surface area contributed by atoms with Gasteiger partial charge < -0.3 is 0 Å². The number of halogens is 6. The minimum absolute atomic E-state index is 0.0747. The zero-order chi connectivity index (χ0) is 55.7. The third-order valence-corrected chi connectivity index (χ3v) is 24.0. The zero-order valence-electron chi connectivity index (χ0n) is 45.0. The van der Waals surface area contributed by atoms with Gasteiger partial charge in [0, 0.05) is 42.1 Å². The standard InChI is InChI=1S/C8H7ClS2.C8H7FS2.3C7H5ClS2.C6H3ClS2.6C2H6/c1-4-3-10-8-6(4)5(2)7(9)11-8;1-4-5(2)10-8-6(4)3-7(9)11-8;1-4-3-9-7-5(4)2-6(8)10-7;1-4-2-5-3-6(8)10-7(5)9-4;1-4-5-2-3-9-7(5)10-6(4)8;7-5-3-4-1-2-8-6(4)9-5;6*1-2/h2*3H,1-2H3;3*2-3H,1H3;1-3H;6*1-2H3. The number of rotatable bonds is 0. The van der Waals surface area contributed by atoms with E-state index in [-0.39, 0.29) is 5.13 Å². The molecule has 0 saturated carbocycles. The van der Waals surface area contributed by atoms with Crippen LogP contribution in [0.25, 0.3) is 56.4 Å². The Bertz CT molecular complexity index is 3250. The van der Waals surface area contributed by atoms with E-state index in [0.717, 1.165) is 31.1 Å². The van der Waals surface area contributed by atoms with Gasteiger partial charge in [-0.25, -0.2) is 0 Å². The van der Waals surface area contributed by atoms with Gasteiger partial charge in [-0.05, 0) is 140 Å². The molecule has 0 atom stereocenters. The van der Waals surface area contributed by atoms with Gasteiger partial charge in [-0.2, -0.15) is 4.39 Å². The number of aryl methyl sites for hydroxylation is 7. The molecule has 0 aliphatic carbocycles. The summed E-state index contributed by atoms with van der Waals surface area (Å²) in [6, 6.07) is 14.1. The van der Waals surface area contributed by atoms with Gasteiger partial charge >= 0.3 is 0 Å². The van der Waals surface area contributed by atoms with Crippen molar-refractivity contribution >= 4 is 250 Å². The Labute approximate surface area is 508 Å². The predicted octanol–water partition coefficient (Wildman–Crippen LogP) is 29.5. The highest BCUT2D eigenvalue weighted by Crippen LogP contribution is 2.41. The third kappa shape index (κ3) is 20.5. The average molecular weight is 1310 g/mol. The van der Waals surface area contributed by atoms with E-state index in [0.29, 0.717) is 0 Å². The lowest BCUT2D eigenvalue weighted by atomic mass is 10.2. The first kappa shape index (κ1) is 70.4. The normalized spacial score (nSPS) is 9.71. The number of fused-ring (bicyclic) bond motifs is 6. The molecule has 18 heteroatoms. The maximum absolute atomic E-state index is 12.7. The molecule has 0 aliphatic heterocycles. The summed E-state index contributed by atoms with van der Waals surface area (Å²) in [5.41, 5.74) is 6.38. The van der Waals surface area contributed by atoms with Crippen LogP contribution in [0, 0.1) is 53.6 Å². The quantitative estimate of drug-likeness (QED) is 0.142. The smallest absolute Gasteiger partial charge is 0.178 e. The van der Waals surface area contributed by atoms with Gasteiger partial charge in [0.05, 0.1) is 45.8 Å². The van der Waals surface area contributed by atoms with Crippen LogP contribution in [0.2, 0.25) is 21.7 Å². The summed E-state index contributed by atoms with van der Waals surface area (Å²) in [5, 5.41) is 16.1. The van der Waals surface area contributed by atoms with E-state index in [1.807, 2.05) is 120 Å². The SMILES string of the molecule is CC.CC.CC.CC.CC.CC.Cc1c(Cl)sc2sccc12.Cc1cc2cc(Cl)sc2s1.Cc1csc2sc(Cl)c(C)c12.Cc1csc2sc(Cl)cc12.Cc1sc2sc(F)cc2c1C.Clc1cc2ccsc2s1. The Hall–Kier alpha value is -0.660. The van der Waals surface area contributed by atoms with Gasteiger partial charge in [-0.3, -0.25) is 0 Å². The molecule has 0 aliphatic rings. The second-order valence-electron chi connectivity index (χ2n) is 13.3. The summed E-state index contributed by atoms with van der Waals surface area (Å²) in [7, 11) is 0. The van der Waals surface area contributed by atoms with Crippen LogP contribution < -0.4 is 0 Å². The minimum atomic E-state index is -0.0747. The second-order valence-corrected chi connectivity index (χ2v) is 30.2. The summed E-state index contributed by atoms with van der Waals surface area (Å²) in [6.07, 6.45) is 0. The molecule has 0 saturated heterocycles. The molecular formula is C55H68Cl5FS12. The monoisotopic (exact) mass is 1310 g/mol. The van der Waals surface area contributed by atoms with Crippen molar-refractivity contribution in [3.8, 4) is 0 Å². The molecule has 0 fully saturated rings. The Morgan fingerprint density at radius 1 is 0.370 bits per heavy atom. The largest absolute Gasteiger partial charge is 0.195 e. The van der Waals surface area contributed by atoms with Crippen molar-refractivity contribution in [3.05, 3.63) is 128 Å².